The predicted molar refractivity (Wildman–Crippen MR) is 91.3 cm³/mol. The number of benzene rings is 1. The Morgan fingerprint density at radius 2 is 1.62 bits per heavy atom. The number of hydrogen-bond donors (Lipinski definition) is 0. The lowest BCUT2D eigenvalue weighted by Gasteiger charge is -2.17. The molecule has 0 fully saturated rings. The molecule has 1 rings (SSSR count). The van der Waals surface area contributed by atoms with Crippen molar-refractivity contribution < 1.29 is 38.2 Å². The normalized spacial score (nSPS) is 11.3. The summed E-state index contributed by atoms with van der Waals surface area (Å²) in [5.41, 5.74) is 2.38. The van der Waals surface area contributed by atoms with Gasteiger partial charge >= 0.3 is 0 Å². The molecule has 8 heteroatoms. The molecular formula is C18H29ClN2O5. The van der Waals surface area contributed by atoms with Crippen molar-refractivity contribution in [3.05, 3.63) is 36.0 Å². The second-order valence-electron chi connectivity index (χ2n) is 6.10. The van der Waals surface area contributed by atoms with Crippen LogP contribution >= 0.6 is 0 Å². The van der Waals surface area contributed by atoms with Crippen LogP contribution in [0.25, 0.3) is 5.57 Å². The molecule has 0 heterocycles. The van der Waals surface area contributed by atoms with Crippen LogP contribution in [0.5, 0.6) is 5.75 Å². The summed E-state index contributed by atoms with van der Waals surface area (Å²) in [4.78, 5) is 2.06. The summed E-state index contributed by atoms with van der Waals surface area (Å²) in [5.74, 6) is 0.948. The lowest BCUT2D eigenvalue weighted by Crippen LogP contribution is -2.68. The first-order valence-electron chi connectivity index (χ1n) is 8.27. The molecule has 0 unspecified atom stereocenters. The van der Waals surface area contributed by atoms with Crippen molar-refractivity contribution in [2.24, 2.45) is 0 Å². The molecule has 0 amide bonds. The molecule has 0 saturated carbocycles. The lowest BCUT2D eigenvalue weighted by molar-refractivity contribution is -2.00. The number of halogens is 1. The Labute approximate surface area is 158 Å². The third-order valence-corrected chi connectivity index (χ3v) is 3.00. The van der Waals surface area contributed by atoms with Crippen LogP contribution in [-0.2, 0) is 0 Å². The van der Waals surface area contributed by atoms with Crippen LogP contribution in [0.15, 0.2) is 30.5 Å². The van der Waals surface area contributed by atoms with E-state index in [1.165, 1.54) is 24.0 Å². The van der Waals surface area contributed by atoms with Crippen LogP contribution in [0, 0.1) is 10.2 Å². The predicted octanol–water partition coefficient (Wildman–Crippen LogP) is -1.25. The van der Waals surface area contributed by atoms with Crippen LogP contribution < -0.4 is 23.4 Å². The maximum absolute atomic E-state index is 8.49. The van der Waals surface area contributed by atoms with Gasteiger partial charge in [0.2, 0.25) is 0 Å². The Hall–Kier alpha value is -1.64. The average molecular weight is 389 g/mol. The highest BCUT2D eigenvalue weighted by molar-refractivity contribution is 6.07. The van der Waals surface area contributed by atoms with E-state index in [0.717, 1.165) is 18.8 Å². The maximum Gasteiger partial charge on any atom is 0.172 e. The zero-order valence-electron chi connectivity index (χ0n) is 16.1. The van der Waals surface area contributed by atoms with Crippen LogP contribution in [0.3, 0.4) is 0 Å². The van der Waals surface area contributed by atoms with Gasteiger partial charge in [-0.3, -0.25) is 0 Å². The molecule has 0 aliphatic carbocycles. The van der Waals surface area contributed by atoms with E-state index in [1.807, 2.05) is 40.3 Å². The van der Waals surface area contributed by atoms with Crippen molar-refractivity contribution in [1.29, 1.82) is 0 Å². The fraction of sp³-hybridized carbons (Fsp3) is 0.500. The minimum absolute atomic E-state index is 0.803. The summed E-state index contributed by atoms with van der Waals surface area (Å²) in [6, 6.07) is 8.33. The molecule has 0 spiro atoms. The molecule has 7 nitrogen and oxygen atoms in total. The van der Waals surface area contributed by atoms with Gasteiger partial charge in [-0.05, 0) is 24.1 Å². The van der Waals surface area contributed by atoms with E-state index in [9.17, 15) is 0 Å². The smallest absolute Gasteiger partial charge is 0.172 e. The molecule has 0 aliphatic heterocycles. The number of allylic oxidation sites excluding steroid dienone is 1. The molecule has 0 aromatic heterocycles. The Balaban J connectivity index is 0.00000110. The molecule has 0 aliphatic rings. The van der Waals surface area contributed by atoms with Gasteiger partial charge < -0.3 is 9.64 Å². The zero-order chi connectivity index (χ0) is 20.2. The van der Waals surface area contributed by atoms with E-state index in [4.69, 9.17) is 23.4 Å². The van der Waals surface area contributed by atoms with E-state index >= 15 is 0 Å². The van der Waals surface area contributed by atoms with Gasteiger partial charge in [-0.1, -0.05) is 31.9 Å². The Bertz CT molecular complexity index is 556. The number of unbranched alkanes of at least 4 members (excludes halogenated alkanes) is 2. The van der Waals surface area contributed by atoms with Crippen LogP contribution in [-0.4, -0.2) is 50.5 Å². The quantitative estimate of drug-likeness (QED) is 0.312. The van der Waals surface area contributed by atoms with Crippen molar-refractivity contribution in [2.45, 2.75) is 26.2 Å². The Kier molecular flexibility index (Phi) is 11.9. The number of nitrogens with zero attached hydrogens (tertiary/aromatic N) is 2. The van der Waals surface area contributed by atoms with Crippen molar-refractivity contribution in [3.63, 3.8) is 0 Å². The fourth-order valence-electron chi connectivity index (χ4n) is 2.02. The van der Waals surface area contributed by atoms with E-state index in [0.29, 0.717) is 0 Å². The van der Waals surface area contributed by atoms with Gasteiger partial charge in [0, 0.05) is 20.3 Å². The molecule has 1 aromatic carbocycles. The first-order chi connectivity index (χ1) is 12.0. The molecule has 0 N–H and O–H groups in total. The van der Waals surface area contributed by atoms with Crippen molar-refractivity contribution in [2.75, 3.05) is 34.8 Å². The highest BCUT2D eigenvalue weighted by atomic mass is 35.7. The zero-order valence-corrected chi connectivity index (χ0v) is 16.9. The lowest BCUT2D eigenvalue weighted by atomic mass is 10.1. The van der Waals surface area contributed by atoms with Crippen molar-refractivity contribution in [3.8, 4) is 5.75 Å². The monoisotopic (exact) mass is 388 g/mol. The van der Waals surface area contributed by atoms with E-state index in [2.05, 4.69) is 40.9 Å². The van der Waals surface area contributed by atoms with Crippen LogP contribution in [0.2, 0.25) is 0 Å². The fourth-order valence-corrected chi connectivity index (χ4v) is 2.02. The standard InChI is InChI=1S/C18H29N2O.ClHO4/c1-6-7-8-13-21-18-11-9-16(10-12-18)17(14-19(2)3)15-20(4)5;2-1(3,4)5/h9-12,14-15H,6-8,13H2,1-5H3;(H,2,3,4,5)/q+1;/p-1. The van der Waals surface area contributed by atoms with Crippen LogP contribution in [0.1, 0.15) is 31.7 Å². The number of hydrogen-bond acceptors (Lipinski definition) is 6. The van der Waals surface area contributed by atoms with Gasteiger partial charge in [0.1, 0.15) is 19.8 Å². The summed E-state index contributed by atoms with van der Waals surface area (Å²) in [7, 11) is 3.20. The summed E-state index contributed by atoms with van der Waals surface area (Å²) in [6.07, 6.45) is 7.82. The Morgan fingerprint density at radius 3 is 2.04 bits per heavy atom. The molecule has 26 heavy (non-hydrogen) atoms. The number of ether oxygens (including phenoxy) is 1. The first kappa shape index (κ1) is 24.4. The second-order valence-corrected chi connectivity index (χ2v) is 6.85. The molecule has 148 valence electrons. The van der Waals surface area contributed by atoms with Gasteiger partial charge in [-0.25, -0.2) is 23.2 Å². The van der Waals surface area contributed by atoms with Gasteiger partial charge in [0.25, 0.3) is 0 Å². The summed E-state index contributed by atoms with van der Waals surface area (Å²) in [6.45, 7) is 3.01. The van der Waals surface area contributed by atoms with Gasteiger partial charge in [0.05, 0.1) is 12.2 Å². The molecule has 0 atom stereocenters. The average Bonchev–Trinajstić information content (AvgIpc) is 2.49. The van der Waals surface area contributed by atoms with Crippen molar-refractivity contribution in [1.82, 2.24) is 4.90 Å². The minimum atomic E-state index is -4.94. The highest BCUT2D eigenvalue weighted by Crippen LogP contribution is 2.18. The molecule has 0 saturated heterocycles. The maximum atomic E-state index is 8.49. The topological polar surface area (TPSA) is 108 Å². The van der Waals surface area contributed by atoms with Gasteiger partial charge in [0.15, 0.2) is 6.21 Å². The SMILES string of the molecule is CCCCCOc1ccc(/C(C=[N+](C)C)=C\N(C)C)cc1.[O-][Cl+3]([O-])([O-])[O-]. The summed E-state index contributed by atoms with van der Waals surface area (Å²) >= 11 is 0. The van der Waals surface area contributed by atoms with E-state index in [-0.39, 0.29) is 0 Å². The first-order valence-corrected chi connectivity index (χ1v) is 9.51. The molecule has 0 radical (unpaired) electrons. The van der Waals surface area contributed by atoms with Gasteiger partial charge in [-0.15, -0.1) is 10.2 Å². The van der Waals surface area contributed by atoms with E-state index in [1.54, 1.807) is 0 Å². The molecule has 1 aromatic rings. The Morgan fingerprint density at radius 1 is 1.08 bits per heavy atom. The largest absolute Gasteiger partial charge is 0.494 e. The van der Waals surface area contributed by atoms with E-state index < -0.39 is 10.2 Å². The highest BCUT2D eigenvalue weighted by Gasteiger charge is 2.04. The third-order valence-electron chi connectivity index (χ3n) is 3.00. The summed E-state index contributed by atoms with van der Waals surface area (Å²) < 4.78 is 41.8. The molecule has 0 bridgehead atoms. The van der Waals surface area contributed by atoms with Crippen molar-refractivity contribution >= 4 is 11.8 Å². The van der Waals surface area contributed by atoms with Gasteiger partial charge in [-0.2, -0.15) is 0 Å². The molecular weight excluding hydrogens is 360 g/mol. The summed E-state index contributed by atoms with van der Waals surface area (Å²) in [5, 5.41) is 0. The van der Waals surface area contributed by atoms with Crippen LogP contribution in [0.4, 0.5) is 0 Å². The minimum Gasteiger partial charge on any atom is -0.494 e. The number of rotatable bonds is 8. The second kappa shape index (κ2) is 12.7. The third kappa shape index (κ3) is 14.7.